The van der Waals surface area contributed by atoms with Crippen LogP contribution < -0.4 is 10.0 Å². The fraction of sp³-hybridized carbons (Fsp3) is 0.176. The summed E-state index contributed by atoms with van der Waals surface area (Å²) in [4.78, 5) is 25.2. The first kappa shape index (κ1) is 19.5. The minimum absolute atomic E-state index is 0.0281. The lowest BCUT2D eigenvalue weighted by atomic mass is 9.92. The van der Waals surface area contributed by atoms with Gasteiger partial charge in [-0.05, 0) is 35.9 Å². The number of carbonyl (C=O) groups excluding carboxylic acids is 1. The van der Waals surface area contributed by atoms with Crippen LogP contribution in [0.15, 0.2) is 51.8 Å². The van der Waals surface area contributed by atoms with E-state index in [0.29, 0.717) is 15.7 Å². The van der Waals surface area contributed by atoms with E-state index in [0.717, 1.165) is 0 Å². The lowest BCUT2D eigenvalue weighted by Crippen LogP contribution is -2.41. The summed E-state index contributed by atoms with van der Waals surface area (Å²) in [6.07, 6.45) is -0.768. The summed E-state index contributed by atoms with van der Waals surface area (Å²) >= 11 is 3.26. The topological polar surface area (TPSA) is 138 Å². The quantitative estimate of drug-likeness (QED) is 0.622. The number of carboxylic acids is 1. The molecule has 0 bridgehead atoms. The van der Waals surface area contributed by atoms with Crippen LogP contribution in [0.1, 0.15) is 17.5 Å². The highest BCUT2D eigenvalue weighted by atomic mass is 79.9. The molecule has 1 atom stereocenters. The largest absolute Gasteiger partial charge is 0.481 e. The second-order valence-electron chi connectivity index (χ2n) is 6.17. The highest BCUT2D eigenvalue weighted by molar-refractivity contribution is 9.10. The number of carbonyl (C=O) groups is 2. The third-order valence-electron chi connectivity index (χ3n) is 4.29. The molecule has 2 aromatic rings. The van der Waals surface area contributed by atoms with Crippen LogP contribution in [0.25, 0.3) is 0 Å². The molecule has 1 unspecified atom stereocenters. The van der Waals surface area contributed by atoms with Crippen LogP contribution in [0.3, 0.4) is 0 Å². The molecule has 0 spiro atoms. The molecule has 27 heavy (non-hydrogen) atoms. The molecular weight excluding hydrogens is 440 g/mol. The van der Waals surface area contributed by atoms with E-state index in [9.17, 15) is 23.1 Å². The van der Waals surface area contributed by atoms with Crippen molar-refractivity contribution in [3.05, 3.63) is 58.1 Å². The number of aliphatic hydroxyl groups is 1. The number of nitrogens with zero attached hydrogens (tertiary/aromatic N) is 1. The van der Waals surface area contributed by atoms with Gasteiger partial charge in [-0.15, -0.1) is 0 Å². The third kappa shape index (κ3) is 3.61. The Morgan fingerprint density at radius 3 is 2.37 bits per heavy atom. The van der Waals surface area contributed by atoms with Crippen LogP contribution in [0, 0.1) is 0 Å². The molecule has 0 aromatic heterocycles. The first-order chi connectivity index (χ1) is 12.5. The number of nitrogens with two attached hydrogens (primary N) is 1. The Kier molecular flexibility index (Phi) is 4.85. The summed E-state index contributed by atoms with van der Waals surface area (Å²) in [7, 11) is -3.83. The summed E-state index contributed by atoms with van der Waals surface area (Å²) in [6.45, 7) is 0.0281. The van der Waals surface area contributed by atoms with Crippen LogP contribution in [0.4, 0.5) is 5.69 Å². The van der Waals surface area contributed by atoms with Gasteiger partial charge in [0.1, 0.15) is 0 Å². The third-order valence-corrected chi connectivity index (χ3v) is 5.72. The first-order valence-electron chi connectivity index (χ1n) is 7.70. The summed E-state index contributed by atoms with van der Waals surface area (Å²) in [5, 5.41) is 25.0. The molecule has 8 nitrogen and oxygen atoms in total. The van der Waals surface area contributed by atoms with E-state index < -0.39 is 33.9 Å². The van der Waals surface area contributed by atoms with Crippen molar-refractivity contribution in [1.82, 2.24) is 0 Å². The Balaban J connectivity index is 1.99. The van der Waals surface area contributed by atoms with Crippen molar-refractivity contribution in [3.8, 4) is 0 Å². The number of halogens is 1. The fourth-order valence-electron chi connectivity index (χ4n) is 3.04. The van der Waals surface area contributed by atoms with Crippen molar-refractivity contribution in [3.63, 3.8) is 0 Å². The Bertz CT molecular complexity index is 1040. The van der Waals surface area contributed by atoms with E-state index in [2.05, 4.69) is 15.9 Å². The van der Waals surface area contributed by atoms with E-state index in [1.54, 1.807) is 12.1 Å². The maximum atomic E-state index is 12.8. The molecule has 0 radical (unpaired) electrons. The average Bonchev–Trinajstić information content (AvgIpc) is 2.76. The van der Waals surface area contributed by atoms with Crippen LogP contribution in [-0.4, -0.2) is 30.5 Å². The van der Waals surface area contributed by atoms with Crippen LogP contribution >= 0.6 is 15.9 Å². The molecule has 10 heteroatoms. The second kappa shape index (κ2) is 6.71. The van der Waals surface area contributed by atoms with Crippen LogP contribution in [-0.2, 0) is 31.8 Å². The van der Waals surface area contributed by atoms with Gasteiger partial charge < -0.3 is 15.1 Å². The lowest BCUT2D eigenvalue weighted by molar-refractivity contribution is -0.150. The van der Waals surface area contributed by atoms with Crippen molar-refractivity contribution in [1.29, 1.82) is 0 Å². The zero-order valence-electron chi connectivity index (χ0n) is 13.8. The van der Waals surface area contributed by atoms with Crippen molar-refractivity contribution in [2.24, 2.45) is 5.14 Å². The maximum absolute atomic E-state index is 12.8. The van der Waals surface area contributed by atoms with Gasteiger partial charge in [-0.25, -0.2) is 13.6 Å². The number of primary sulfonamides is 1. The number of hydrogen-bond donors (Lipinski definition) is 3. The number of hydrogen-bond acceptors (Lipinski definition) is 5. The number of benzene rings is 2. The Labute approximate surface area is 163 Å². The van der Waals surface area contributed by atoms with Gasteiger partial charge in [-0.3, -0.25) is 9.59 Å². The van der Waals surface area contributed by atoms with E-state index >= 15 is 0 Å². The second-order valence-corrected chi connectivity index (χ2v) is 8.65. The number of aliphatic carboxylic acids is 1. The normalized spacial score (nSPS) is 19.2. The summed E-state index contributed by atoms with van der Waals surface area (Å²) < 4.78 is 23.3. The van der Waals surface area contributed by atoms with E-state index in [4.69, 9.17) is 10.2 Å². The molecule has 0 fully saturated rings. The number of anilines is 1. The van der Waals surface area contributed by atoms with Gasteiger partial charge in [0, 0.05) is 10.0 Å². The minimum Gasteiger partial charge on any atom is -0.481 e. The van der Waals surface area contributed by atoms with Gasteiger partial charge in [0.05, 0.1) is 23.5 Å². The molecule has 0 aliphatic carbocycles. The molecule has 142 valence electrons. The zero-order valence-corrected chi connectivity index (χ0v) is 16.2. The van der Waals surface area contributed by atoms with Crippen molar-refractivity contribution in [2.75, 3.05) is 4.90 Å². The van der Waals surface area contributed by atoms with E-state index in [1.165, 1.54) is 35.2 Å². The van der Waals surface area contributed by atoms with Gasteiger partial charge in [0.15, 0.2) is 5.60 Å². The maximum Gasteiger partial charge on any atom is 0.307 e. The Morgan fingerprint density at radius 1 is 1.19 bits per heavy atom. The standard InChI is InChI=1S/C17H15BrN2O6S/c18-11-3-6-14-13(7-11)17(24,8-15(21)22)16(23)20(14)9-10-1-4-12(5-2-10)27(19,25)26/h1-7,24H,8-9H2,(H,21,22)(H2,19,25,26). The smallest absolute Gasteiger partial charge is 0.307 e. The highest BCUT2D eigenvalue weighted by Crippen LogP contribution is 2.44. The molecule has 1 aliphatic rings. The molecule has 1 aliphatic heterocycles. The van der Waals surface area contributed by atoms with Gasteiger partial charge in [0.2, 0.25) is 10.0 Å². The molecule has 1 heterocycles. The molecule has 1 amide bonds. The number of amides is 1. The summed E-state index contributed by atoms with van der Waals surface area (Å²) in [5.74, 6) is -2.07. The molecule has 3 rings (SSSR count). The molecular formula is C17H15BrN2O6S. The Morgan fingerprint density at radius 2 is 1.81 bits per heavy atom. The zero-order chi connectivity index (χ0) is 20.0. The number of sulfonamides is 1. The number of fused-ring (bicyclic) bond motifs is 1. The molecule has 0 saturated heterocycles. The van der Waals surface area contributed by atoms with Crippen molar-refractivity contribution >= 4 is 43.5 Å². The van der Waals surface area contributed by atoms with Crippen LogP contribution in [0.2, 0.25) is 0 Å². The predicted octanol–water partition coefficient (Wildman–Crippen LogP) is 1.31. The SMILES string of the molecule is NS(=O)(=O)c1ccc(CN2C(=O)C(O)(CC(=O)O)c3cc(Br)ccc32)cc1. The first-order valence-corrected chi connectivity index (χ1v) is 10.0. The summed E-state index contributed by atoms with van der Waals surface area (Å²) in [5.41, 5.74) is -0.997. The van der Waals surface area contributed by atoms with E-state index in [1.807, 2.05) is 0 Å². The monoisotopic (exact) mass is 454 g/mol. The van der Waals surface area contributed by atoms with Gasteiger partial charge in [-0.1, -0.05) is 28.1 Å². The minimum atomic E-state index is -3.83. The van der Waals surface area contributed by atoms with E-state index in [-0.39, 0.29) is 17.0 Å². The van der Waals surface area contributed by atoms with Gasteiger partial charge in [-0.2, -0.15) is 0 Å². The van der Waals surface area contributed by atoms with Crippen molar-refractivity contribution < 1.29 is 28.2 Å². The van der Waals surface area contributed by atoms with Crippen molar-refractivity contribution in [2.45, 2.75) is 23.5 Å². The molecule has 2 aromatic carbocycles. The van der Waals surface area contributed by atoms with Gasteiger partial charge in [0.25, 0.3) is 5.91 Å². The fourth-order valence-corrected chi connectivity index (χ4v) is 3.91. The van der Waals surface area contributed by atoms with Crippen LogP contribution in [0.5, 0.6) is 0 Å². The highest BCUT2D eigenvalue weighted by Gasteiger charge is 2.51. The lowest BCUT2D eigenvalue weighted by Gasteiger charge is -2.21. The number of carboxylic acid groups (broad SMARTS) is 1. The molecule has 4 N–H and O–H groups in total. The Hall–Kier alpha value is -2.27. The summed E-state index contributed by atoms with van der Waals surface area (Å²) in [6, 6.07) is 10.4. The molecule has 0 saturated carbocycles. The average molecular weight is 455 g/mol. The predicted molar refractivity (Wildman–Crippen MR) is 99.3 cm³/mol. The van der Waals surface area contributed by atoms with Gasteiger partial charge >= 0.3 is 5.97 Å². The number of rotatable bonds is 5.